The number of sulfonamides is 1. The lowest BCUT2D eigenvalue weighted by Gasteiger charge is -2.12. The van der Waals surface area contributed by atoms with Gasteiger partial charge in [-0.25, -0.2) is 23.2 Å². The molecular weight excluding hydrogens is 440 g/mol. The number of aryl methyl sites for hydroxylation is 2. The summed E-state index contributed by atoms with van der Waals surface area (Å²) >= 11 is 0. The number of nitrogens with one attached hydrogen (secondary N) is 1. The fraction of sp³-hybridized carbons (Fsp3) is 0.125. The Labute approximate surface area is 191 Å². The SMILES string of the molecule is Cc1cccc(NS(=O)(=O)c2cc(C(=O)OCc3nc(N)c4ccccc4n3)ccc2C)c1. The van der Waals surface area contributed by atoms with Crippen LogP contribution in [0.15, 0.2) is 71.6 Å². The zero-order chi connectivity index (χ0) is 23.6. The molecule has 0 spiro atoms. The molecule has 1 heterocycles. The molecular formula is C24H22N4O4S. The highest BCUT2D eigenvalue weighted by Crippen LogP contribution is 2.22. The first-order valence-electron chi connectivity index (χ1n) is 10.1. The predicted octanol–water partition coefficient (Wildman–Crippen LogP) is 3.99. The average molecular weight is 463 g/mol. The molecule has 168 valence electrons. The molecule has 8 nitrogen and oxygen atoms in total. The van der Waals surface area contributed by atoms with E-state index in [0.717, 1.165) is 5.56 Å². The summed E-state index contributed by atoms with van der Waals surface area (Å²) in [5.41, 5.74) is 8.56. The summed E-state index contributed by atoms with van der Waals surface area (Å²) in [5, 5.41) is 0.710. The molecule has 9 heteroatoms. The van der Waals surface area contributed by atoms with Gasteiger partial charge in [-0.05, 0) is 61.4 Å². The van der Waals surface area contributed by atoms with Crippen LogP contribution >= 0.6 is 0 Å². The number of carbonyl (C=O) groups is 1. The van der Waals surface area contributed by atoms with E-state index in [-0.39, 0.29) is 28.7 Å². The van der Waals surface area contributed by atoms with E-state index in [4.69, 9.17) is 10.5 Å². The van der Waals surface area contributed by atoms with E-state index in [9.17, 15) is 13.2 Å². The number of fused-ring (bicyclic) bond motifs is 1. The maximum absolute atomic E-state index is 13.0. The van der Waals surface area contributed by atoms with Crippen molar-refractivity contribution in [2.45, 2.75) is 25.3 Å². The van der Waals surface area contributed by atoms with Crippen LogP contribution in [0, 0.1) is 13.8 Å². The van der Waals surface area contributed by atoms with Crippen molar-refractivity contribution in [2.75, 3.05) is 10.5 Å². The van der Waals surface area contributed by atoms with E-state index in [1.54, 1.807) is 43.3 Å². The molecule has 0 saturated carbocycles. The molecule has 0 bridgehead atoms. The number of para-hydroxylation sites is 1. The summed E-state index contributed by atoms with van der Waals surface area (Å²) in [5.74, 6) is -0.157. The van der Waals surface area contributed by atoms with Crippen LogP contribution in [-0.2, 0) is 21.4 Å². The Hall–Kier alpha value is -3.98. The Balaban J connectivity index is 1.54. The molecule has 0 atom stereocenters. The molecule has 0 aliphatic heterocycles. The maximum Gasteiger partial charge on any atom is 0.338 e. The van der Waals surface area contributed by atoms with Gasteiger partial charge in [-0.2, -0.15) is 0 Å². The summed E-state index contributed by atoms with van der Waals surface area (Å²) in [6.07, 6.45) is 0. The Kier molecular flexibility index (Phi) is 5.97. The van der Waals surface area contributed by atoms with Crippen LogP contribution in [0.5, 0.6) is 0 Å². The van der Waals surface area contributed by atoms with E-state index in [1.165, 1.54) is 12.1 Å². The standard InChI is InChI=1S/C24H22N4O4S/c1-15-6-5-7-18(12-15)28-33(30,31)21-13-17(11-10-16(21)2)24(29)32-14-22-26-20-9-4-3-8-19(20)23(25)27-22/h3-13,28H,14H2,1-2H3,(H2,25,26,27). The number of nitrogens with zero attached hydrogens (tertiary/aromatic N) is 2. The highest BCUT2D eigenvalue weighted by Gasteiger charge is 2.20. The van der Waals surface area contributed by atoms with Gasteiger partial charge in [0.05, 0.1) is 16.0 Å². The topological polar surface area (TPSA) is 124 Å². The third-order valence-electron chi connectivity index (χ3n) is 5.00. The van der Waals surface area contributed by atoms with Crippen LogP contribution in [0.2, 0.25) is 0 Å². The van der Waals surface area contributed by atoms with Crippen LogP contribution < -0.4 is 10.5 Å². The summed E-state index contributed by atoms with van der Waals surface area (Å²) < 4.78 is 33.8. The number of nitrogen functional groups attached to an aromatic ring is 1. The molecule has 0 aliphatic rings. The van der Waals surface area contributed by atoms with Gasteiger partial charge in [-0.3, -0.25) is 4.72 Å². The fourth-order valence-corrected chi connectivity index (χ4v) is 4.69. The van der Waals surface area contributed by atoms with Gasteiger partial charge in [-0.15, -0.1) is 0 Å². The second-order valence-electron chi connectivity index (χ2n) is 7.57. The molecule has 4 aromatic rings. The van der Waals surface area contributed by atoms with E-state index in [0.29, 0.717) is 22.2 Å². The second kappa shape index (κ2) is 8.87. The van der Waals surface area contributed by atoms with Crippen molar-refractivity contribution in [3.63, 3.8) is 0 Å². The number of hydrogen-bond donors (Lipinski definition) is 2. The van der Waals surface area contributed by atoms with Gasteiger partial charge >= 0.3 is 5.97 Å². The van der Waals surface area contributed by atoms with Gasteiger partial charge in [0.15, 0.2) is 12.4 Å². The molecule has 4 rings (SSSR count). The summed E-state index contributed by atoms with van der Waals surface area (Å²) in [6, 6.07) is 18.6. The first kappa shape index (κ1) is 22.2. The van der Waals surface area contributed by atoms with Gasteiger partial charge in [0, 0.05) is 11.1 Å². The van der Waals surface area contributed by atoms with E-state index in [1.807, 2.05) is 25.1 Å². The highest BCUT2D eigenvalue weighted by atomic mass is 32.2. The lowest BCUT2D eigenvalue weighted by molar-refractivity contribution is 0.0462. The van der Waals surface area contributed by atoms with Crippen molar-refractivity contribution in [3.8, 4) is 0 Å². The minimum Gasteiger partial charge on any atom is -0.454 e. The van der Waals surface area contributed by atoms with Crippen LogP contribution in [0.1, 0.15) is 27.3 Å². The minimum absolute atomic E-state index is 0.00958. The van der Waals surface area contributed by atoms with Crippen molar-refractivity contribution < 1.29 is 17.9 Å². The smallest absolute Gasteiger partial charge is 0.338 e. The predicted molar refractivity (Wildman–Crippen MR) is 126 cm³/mol. The third-order valence-corrected chi connectivity index (χ3v) is 6.52. The Morgan fingerprint density at radius 3 is 2.58 bits per heavy atom. The lowest BCUT2D eigenvalue weighted by Crippen LogP contribution is -2.16. The van der Waals surface area contributed by atoms with Crippen molar-refractivity contribution in [3.05, 3.63) is 89.2 Å². The number of hydrogen-bond acceptors (Lipinski definition) is 7. The number of aromatic nitrogens is 2. The molecule has 0 unspecified atom stereocenters. The van der Waals surface area contributed by atoms with Crippen molar-refractivity contribution in [2.24, 2.45) is 0 Å². The first-order valence-corrected chi connectivity index (χ1v) is 11.6. The van der Waals surface area contributed by atoms with Crippen LogP contribution in [0.25, 0.3) is 10.9 Å². The molecule has 0 fully saturated rings. The number of benzene rings is 3. The normalized spacial score (nSPS) is 11.3. The number of carbonyl (C=O) groups excluding carboxylic acids is 1. The average Bonchev–Trinajstić information content (AvgIpc) is 2.77. The van der Waals surface area contributed by atoms with Crippen LogP contribution in [0.3, 0.4) is 0 Å². The number of anilines is 2. The maximum atomic E-state index is 13.0. The van der Waals surface area contributed by atoms with Gasteiger partial charge < -0.3 is 10.5 Å². The van der Waals surface area contributed by atoms with E-state index in [2.05, 4.69) is 14.7 Å². The molecule has 0 aliphatic carbocycles. The van der Waals surface area contributed by atoms with Gasteiger partial charge in [-0.1, -0.05) is 30.3 Å². The fourth-order valence-electron chi connectivity index (χ4n) is 3.36. The molecule has 3 N–H and O–H groups in total. The zero-order valence-corrected chi connectivity index (χ0v) is 18.9. The van der Waals surface area contributed by atoms with Crippen molar-refractivity contribution in [1.29, 1.82) is 0 Å². The summed E-state index contributed by atoms with van der Waals surface area (Å²) in [7, 11) is -3.91. The molecule has 3 aromatic carbocycles. The third kappa shape index (κ3) is 4.93. The first-order chi connectivity index (χ1) is 15.7. The Morgan fingerprint density at radius 2 is 1.79 bits per heavy atom. The molecule has 33 heavy (non-hydrogen) atoms. The highest BCUT2D eigenvalue weighted by molar-refractivity contribution is 7.92. The number of esters is 1. The summed E-state index contributed by atoms with van der Waals surface area (Å²) in [4.78, 5) is 21.2. The quantitative estimate of drug-likeness (QED) is 0.415. The number of ether oxygens (including phenoxy) is 1. The molecule has 0 amide bonds. The Morgan fingerprint density at radius 1 is 1.00 bits per heavy atom. The monoisotopic (exact) mass is 462 g/mol. The lowest BCUT2D eigenvalue weighted by atomic mass is 10.1. The van der Waals surface area contributed by atoms with E-state index < -0.39 is 16.0 Å². The van der Waals surface area contributed by atoms with Crippen LogP contribution in [0.4, 0.5) is 11.5 Å². The van der Waals surface area contributed by atoms with E-state index >= 15 is 0 Å². The second-order valence-corrected chi connectivity index (χ2v) is 9.22. The Bertz CT molecular complexity index is 1470. The van der Waals surface area contributed by atoms with Crippen molar-refractivity contribution >= 4 is 38.4 Å². The number of rotatable bonds is 6. The van der Waals surface area contributed by atoms with Gasteiger partial charge in [0.25, 0.3) is 10.0 Å². The molecule has 0 radical (unpaired) electrons. The van der Waals surface area contributed by atoms with Crippen molar-refractivity contribution in [1.82, 2.24) is 9.97 Å². The van der Waals surface area contributed by atoms with Crippen LogP contribution in [-0.4, -0.2) is 24.4 Å². The summed E-state index contributed by atoms with van der Waals surface area (Å²) in [6.45, 7) is 3.32. The van der Waals surface area contributed by atoms with Gasteiger partial charge in [0.2, 0.25) is 0 Å². The molecule has 1 aromatic heterocycles. The number of nitrogens with two attached hydrogens (primary N) is 1. The largest absolute Gasteiger partial charge is 0.454 e. The van der Waals surface area contributed by atoms with Gasteiger partial charge in [0.1, 0.15) is 5.82 Å². The minimum atomic E-state index is -3.91. The molecule has 0 saturated heterocycles. The zero-order valence-electron chi connectivity index (χ0n) is 18.1.